The molecule has 1 aliphatic rings. The van der Waals surface area contributed by atoms with Crippen molar-refractivity contribution in [2.24, 2.45) is 5.41 Å². The fourth-order valence-electron chi connectivity index (χ4n) is 6.07. The second-order valence-corrected chi connectivity index (χ2v) is 16.5. The van der Waals surface area contributed by atoms with Gasteiger partial charge in [-0.1, -0.05) is 135 Å². The van der Waals surface area contributed by atoms with Crippen molar-refractivity contribution in [2.45, 2.75) is 57.5 Å². The van der Waals surface area contributed by atoms with Crippen LogP contribution in [0.2, 0.25) is 12.1 Å². The topological polar surface area (TPSA) is 0 Å². The summed E-state index contributed by atoms with van der Waals surface area (Å²) in [5, 5.41) is 5.15. The van der Waals surface area contributed by atoms with Crippen molar-refractivity contribution >= 4 is 61.4 Å². The molecule has 1 heterocycles. The highest BCUT2D eigenvalue weighted by Gasteiger charge is 2.46. The predicted molar refractivity (Wildman–Crippen MR) is 178 cm³/mol. The molecule has 0 amide bonds. The lowest BCUT2D eigenvalue weighted by Crippen LogP contribution is -2.49. The van der Waals surface area contributed by atoms with E-state index in [0.717, 1.165) is 36.5 Å². The van der Waals surface area contributed by atoms with E-state index in [1.165, 1.54) is 40.7 Å². The van der Waals surface area contributed by atoms with Crippen LogP contribution in [0.4, 0.5) is 4.11 Å². The highest BCUT2D eigenvalue weighted by atomic mass is 127. The van der Waals surface area contributed by atoms with Crippen molar-refractivity contribution < 1.29 is 4.11 Å². The molecule has 0 unspecified atom stereocenters. The van der Waals surface area contributed by atoms with Gasteiger partial charge >= 0.3 is 0 Å². The molecular weight excluding hydrogens is 613 g/mol. The van der Waals surface area contributed by atoms with E-state index in [1.54, 1.807) is 0 Å². The van der Waals surface area contributed by atoms with Gasteiger partial charge in [0.2, 0.25) is 0 Å². The van der Waals surface area contributed by atoms with Crippen molar-refractivity contribution in [2.75, 3.05) is 0 Å². The Kier molecular flexibility index (Phi) is 10.4. The highest BCUT2D eigenvalue weighted by Crippen LogP contribution is 2.47. The summed E-state index contributed by atoms with van der Waals surface area (Å²) >= 11 is 0. The van der Waals surface area contributed by atoms with Gasteiger partial charge in [-0.15, -0.1) is 24.0 Å². The molecule has 0 saturated carbocycles. The molecule has 38 heavy (non-hydrogen) atoms. The number of benzene rings is 4. The summed E-state index contributed by atoms with van der Waals surface area (Å²) in [5.41, 5.74) is 1.64. The first-order valence-corrected chi connectivity index (χ1v) is 17.5. The molecule has 0 N–H and O–H groups in total. The Bertz CT molecular complexity index is 1200. The molecule has 4 aromatic carbocycles. The summed E-state index contributed by atoms with van der Waals surface area (Å²) < 4.78 is 16.1. The average Bonchev–Trinajstić information content (AvgIpc) is 2.96. The van der Waals surface area contributed by atoms with E-state index in [0.29, 0.717) is 0 Å². The number of rotatable bonds is 9. The monoisotopic (exact) mass is 652 g/mol. The van der Waals surface area contributed by atoms with Gasteiger partial charge in [-0.2, -0.15) is 0 Å². The first kappa shape index (κ1) is 29.2. The van der Waals surface area contributed by atoms with E-state index in [-0.39, 0.29) is 29.4 Å². The minimum absolute atomic E-state index is 0. The Morgan fingerprint density at radius 2 is 1.16 bits per heavy atom. The second-order valence-electron chi connectivity index (χ2n) is 10.8. The van der Waals surface area contributed by atoms with E-state index in [9.17, 15) is 0 Å². The molecule has 4 aromatic rings. The lowest BCUT2D eigenvalue weighted by molar-refractivity contribution is 0.214. The van der Waals surface area contributed by atoms with Gasteiger partial charge in [-0.3, -0.25) is 0 Å². The maximum atomic E-state index is 16.1. The Labute approximate surface area is 248 Å². The standard InChI is InChI=1S/C34H38FPSi.HI/c1-2-3-23-34(24-26-37(35,27-25-34)33-17-11-6-12-18-33)28-29-19-21-32(22-20-29)36(30-13-7-4-8-14-30)31-15-9-5-10-16-31;/h4-22H,2-3,23-28H2,1H3;1H. The first-order valence-electron chi connectivity index (χ1n) is 13.8. The molecule has 0 bridgehead atoms. The van der Waals surface area contributed by atoms with Crippen LogP contribution >= 0.6 is 31.9 Å². The van der Waals surface area contributed by atoms with Crippen LogP contribution in [0.5, 0.6) is 0 Å². The van der Waals surface area contributed by atoms with Crippen LogP contribution < -0.4 is 21.1 Å². The SMILES string of the molecule is CCCCC1(Cc2ccc(P(c3ccccc3)c3ccccc3)cc2)CC[Si](F)(c2ccccc2)CC1.I. The molecule has 0 spiro atoms. The van der Waals surface area contributed by atoms with Gasteiger partial charge in [0.15, 0.2) is 0 Å². The van der Waals surface area contributed by atoms with Gasteiger partial charge in [-0.05, 0) is 77.8 Å². The fourth-order valence-corrected chi connectivity index (χ4v) is 11.8. The zero-order valence-corrected chi connectivity index (χ0v) is 26.6. The molecule has 0 atom stereocenters. The lowest BCUT2D eigenvalue weighted by atomic mass is 9.73. The smallest absolute Gasteiger partial charge is 0.277 e. The molecular formula is C34H39FIPSi. The molecule has 4 heteroatoms. The summed E-state index contributed by atoms with van der Waals surface area (Å²) in [6, 6.07) is 42.8. The Morgan fingerprint density at radius 3 is 1.66 bits per heavy atom. The van der Waals surface area contributed by atoms with E-state index >= 15 is 4.11 Å². The van der Waals surface area contributed by atoms with E-state index < -0.39 is 16.3 Å². The maximum absolute atomic E-state index is 16.1. The van der Waals surface area contributed by atoms with Crippen molar-refractivity contribution in [1.82, 2.24) is 0 Å². The van der Waals surface area contributed by atoms with Crippen LogP contribution in [0.15, 0.2) is 115 Å². The minimum atomic E-state index is -2.85. The van der Waals surface area contributed by atoms with Crippen molar-refractivity contribution in [3.05, 3.63) is 121 Å². The Morgan fingerprint density at radius 1 is 0.684 bits per heavy atom. The molecule has 1 aliphatic heterocycles. The van der Waals surface area contributed by atoms with Crippen LogP contribution in [-0.4, -0.2) is 8.41 Å². The van der Waals surface area contributed by atoms with Gasteiger partial charge in [0.1, 0.15) is 0 Å². The van der Waals surface area contributed by atoms with Crippen LogP contribution in [0.3, 0.4) is 0 Å². The quantitative estimate of drug-likeness (QED) is 0.0738. The predicted octanol–water partition coefficient (Wildman–Crippen LogP) is 8.40. The van der Waals surface area contributed by atoms with Gasteiger partial charge in [0.25, 0.3) is 8.41 Å². The third-order valence-corrected chi connectivity index (χ3v) is 14.2. The maximum Gasteiger partial charge on any atom is 0.277 e. The molecule has 0 radical (unpaired) electrons. The summed E-state index contributed by atoms with van der Waals surface area (Å²) in [6.07, 6.45) is 6.76. The molecule has 198 valence electrons. The first-order chi connectivity index (χ1) is 18.1. The average molecular weight is 653 g/mol. The molecule has 1 saturated heterocycles. The van der Waals surface area contributed by atoms with Crippen molar-refractivity contribution in [1.29, 1.82) is 0 Å². The van der Waals surface area contributed by atoms with Crippen molar-refractivity contribution in [3.8, 4) is 0 Å². The van der Waals surface area contributed by atoms with E-state index in [2.05, 4.69) is 91.9 Å². The summed E-state index contributed by atoms with van der Waals surface area (Å²) in [6.45, 7) is 2.28. The molecule has 1 fully saturated rings. The second kappa shape index (κ2) is 13.5. The zero-order valence-electron chi connectivity index (χ0n) is 22.4. The number of hydrogen-bond acceptors (Lipinski definition) is 0. The number of halogens is 2. The molecule has 5 rings (SSSR count). The molecule has 0 aliphatic carbocycles. The van der Waals surface area contributed by atoms with Crippen LogP contribution in [0.25, 0.3) is 0 Å². The normalized spacial score (nSPS) is 21.1. The van der Waals surface area contributed by atoms with Gasteiger partial charge < -0.3 is 4.11 Å². The summed E-state index contributed by atoms with van der Waals surface area (Å²) in [4.78, 5) is 0. The highest BCUT2D eigenvalue weighted by molar-refractivity contribution is 14.0. The van der Waals surface area contributed by atoms with Gasteiger partial charge in [0.05, 0.1) is 0 Å². The van der Waals surface area contributed by atoms with Crippen LogP contribution in [0, 0.1) is 5.41 Å². The van der Waals surface area contributed by atoms with Crippen LogP contribution in [-0.2, 0) is 6.42 Å². The summed E-state index contributed by atoms with van der Waals surface area (Å²) in [7, 11) is -3.44. The number of hydrogen-bond donors (Lipinski definition) is 0. The molecule has 0 aromatic heterocycles. The van der Waals surface area contributed by atoms with Gasteiger partial charge in [-0.25, -0.2) is 0 Å². The lowest BCUT2D eigenvalue weighted by Gasteiger charge is -2.42. The summed E-state index contributed by atoms with van der Waals surface area (Å²) in [5.74, 6) is 0. The third-order valence-electron chi connectivity index (χ3n) is 8.26. The fraction of sp³-hybridized carbons (Fsp3) is 0.294. The zero-order chi connectivity index (χ0) is 25.6. The van der Waals surface area contributed by atoms with Crippen LogP contribution in [0.1, 0.15) is 44.6 Å². The minimum Gasteiger partial charge on any atom is -0.308 e. The molecule has 0 nitrogen and oxygen atoms in total. The Balaban J connectivity index is 0.00000336. The third kappa shape index (κ3) is 6.84. The Hall–Kier alpha value is -1.81. The largest absolute Gasteiger partial charge is 0.308 e. The van der Waals surface area contributed by atoms with E-state index in [4.69, 9.17) is 0 Å². The van der Waals surface area contributed by atoms with E-state index in [1.807, 2.05) is 30.3 Å². The number of unbranched alkanes of at least 4 members (excludes halogenated alkanes) is 1. The van der Waals surface area contributed by atoms with Gasteiger partial charge in [0, 0.05) is 0 Å². The van der Waals surface area contributed by atoms with Crippen molar-refractivity contribution in [3.63, 3.8) is 0 Å².